The molecule has 3 heteroatoms. The van der Waals surface area contributed by atoms with Gasteiger partial charge in [-0.1, -0.05) is 6.08 Å². The molecule has 12 heavy (non-hydrogen) atoms. The molecule has 0 aromatic rings. The molecule has 0 aliphatic heterocycles. The van der Waals surface area contributed by atoms with Crippen molar-refractivity contribution in [1.82, 2.24) is 0 Å². The number of rotatable bonds is 5. The van der Waals surface area contributed by atoms with E-state index in [-0.39, 0.29) is 19.3 Å². The summed E-state index contributed by atoms with van der Waals surface area (Å²) in [6.45, 7) is 8.11. The van der Waals surface area contributed by atoms with Crippen LogP contribution in [0.15, 0.2) is 11.5 Å². The lowest BCUT2D eigenvalue weighted by atomic mass is 9.84. The smallest absolute Gasteiger partial charge is 0.405 e. The van der Waals surface area contributed by atoms with Crippen LogP contribution in [0.5, 0.6) is 0 Å². The second kappa shape index (κ2) is 4.10. The molecule has 0 spiro atoms. The quantitative estimate of drug-likeness (QED) is 0.585. The van der Waals surface area contributed by atoms with E-state index in [1.165, 1.54) is 5.47 Å². The fraction of sp³-hybridized carbons (Fsp3) is 0.778. The average molecular weight is 168 g/mol. The Balaban J connectivity index is 2.33. The molecule has 1 rings (SSSR count). The number of hydrogen-bond donors (Lipinski definition) is 0. The molecule has 0 fully saturated rings. The van der Waals surface area contributed by atoms with Crippen molar-refractivity contribution in [2.24, 2.45) is 0 Å². The van der Waals surface area contributed by atoms with Crippen LogP contribution in [-0.4, -0.2) is 19.3 Å². The van der Waals surface area contributed by atoms with Crippen LogP contribution in [0.25, 0.3) is 0 Å². The summed E-state index contributed by atoms with van der Waals surface area (Å²) in [5.41, 5.74) is 1.29. The van der Waals surface area contributed by atoms with Crippen molar-refractivity contribution in [1.29, 1.82) is 0 Å². The highest BCUT2D eigenvalue weighted by molar-refractivity contribution is 6.55. The molecule has 0 aromatic heterocycles. The first-order chi connectivity index (χ1) is 5.59. The molecule has 0 aromatic carbocycles. The van der Waals surface area contributed by atoms with Gasteiger partial charge in [0.15, 0.2) is 0 Å². The Kier molecular flexibility index (Phi) is 3.35. The molecule has 1 aliphatic carbocycles. The van der Waals surface area contributed by atoms with E-state index in [0.29, 0.717) is 0 Å². The maximum absolute atomic E-state index is 5.59. The summed E-state index contributed by atoms with van der Waals surface area (Å²) in [4.78, 5) is 0. The Labute approximate surface area is 75.1 Å². The van der Waals surface area contributed by atoms with Gasteiger partial charge >= 0.3 is 7.12 Å². The van der Waals surface area contributed by atoms with Crippen LogP contribution in [0, 0.1) is 0 Å². The number of hydrogen-bond acceptors (Lipinski definition) is 2. The summed E-state index contributed by atoms with van der Waals surface area (Å²) in [5.74, 6) is 0. The van der Waals surface area contributed by atoms with Gasteiger partial charge in [0, 0.05) is 12.2 Å². The highest BCUT2D eigenvalue weighted by atomic mass is 16.6. The van der Waals surface area contributed by atoms with Gasteiger partial charge in [-0.2, -0.15) is 0 Å². The Bertz CT molecular complexity index is 165. The van der Waals surface area contributed by atoms with Gasteiger partial charge in [-0.15, -0.1) is 0 Å². The van der Waals surface area contributed by atoms with Crippen molar-refractivity contribution in [3.8, 4) is 0 Å². The van der Waals surface area contributed by atoms with Gasteiger partial charge in [-0.3, -0.25) is 0 Å². The highest BCUT2D eigenvalue weighted by Crippen LogP contribution is 2.24. The molecular formula is C9H17BO2. The highest BCUT2D eigenvalue weighted by Gasteiger charge is 2.30. The zero-order chi connectivity index (χ0) is 9.14. The minimum Gasteiger partial charge on any atom is -0.405 e. The summed E-state index contributed by atoms with van der Waals surface area (Å²) >= 11 is 0. The first kappa shape index (κ1) is 9.81. The molecule has 0 bridgehead atoms. The van der Waals surface area contributed by atoms with Gasteiger partial charge < -0.3 is 9.31 Å². The molecule has 68 valence electrons. The van der Waals surface area contributed by atoms with Gasteiger partial charge in [0.1, 0.15) is 0 Å². The van der Waals surface area contributed by atoms with Crippen LogP contribution in [0.1, 0.15) is 34.1 Å². The predicted molar refractivity (Wildman–Crippen MR) is 50.9 cm³/mol. The van der Waals surface area contributed by atoms with Crippen molar-refractivity contribution in [3.63, 3.8) is 0 Å². The Morgan fingerprint density at radius 3 is 1.83 bits per heavy atom. The van der Waals surface area contributed by atoms with Crippen LogP contribution in [0.2, 0.25) is 0 Å². The molecule has 1 aliphatic rings. The Morgan fingerprint density at radius 1 is 1.17 bits per heavy atom. The van der Waals surface area contributed by atoms with E-state index in [2.05, 4.69) is 6.08 Å². The van der Waals surface area contributed by atoms with Crippen LogP contribution in [0.3, 0.4) is 0 Å². The lowest BCUT2D eigenvalue weighted by Crippen LogP contribution is -2.29. The summed E-state index contributed by atoms with van der Waals surface area (Å²) in [6, 6.07) is 0. The van der Waals surface area contributed by atoms with Crippen LogP contribution in [0.4, 0.5) is 0 Å². The van der Waals surface area contributed by atoms with Crippen LogP contribution in [-0.2, 0) is 9.31 Å². The van der Waals surface area contributed by atoms with Crippen molar-refractivity contribution >= 4 is 7.12 Å². The Hall–Kier alpha value is -0.275. The summed E-state index contributed by atoms with van der Waals surface area (Å²) in [5, 5.41) is 0. The zero-order valence-corrected chi connectivity index (χ0v) is 8.33. The van der Waals surface area contributed by atoms with Crippen molar-refractivity contribution in [3.05, 3.63) is 11.5 Å². The topological polar surface area (TPSA) is 18.5 Å². The van der Waals surface area contributed by atoms with Gasteiger partial charge in [-0.05, 0) is 39.6 Å². The normalized spacial score (nSPS) is 15.3. The minimum absolute atomic E-state index is 0.0926. The molecule has 0 saturated carbocycles. The van der Waals surface area contributed by atoms with Gasteiger partial charge in [0.2, 0.25) is 0 Å². The van der Waals surface area contributed by atoms with Crippen LogP contribution >= 0.6 is 0 Å². The third-order valence-corrected chi connectivity index (χ3v) is 1.53. The van der Waals surface area contributed by atoms with Gasteiger partial charge in [0.25, 0.3) is 0 Å². The van der Waals surface area contributed by atoms with Crippen molar-refractivity contribution in [2.75, 3.05) is 0 Å². The van der Waals surface area contributed by atoms with E-state index in [1.54, 1.807) is 0 Å². The standard InChI is InChI=1S/C9H17BO2/c1-7(2)11-10(9-5-6-9)12-8(3)4/h5,7-8H,6H2,1-4H3. The molecule has 0 amide bonds. The fourth-order valence-electron chi connectivity index (χ4n) is 0.953. The summed E-state index contributed by atoms with van der Waals surface area (Å²) in [7, 11) is -0.0926. The summed E-state index contributed by atoms with van der Waals surface area (Å²) in [6.07, 6.45) is 3.67. The van der Waals surface area contributed by atoms with E-state index < -0.39 is 0 Å². The lowest BCUT2D eigenvalue weighted by molar-refractivity contribution is 0.136. The average Bonchev–Trinajstić information content (AvgIpc) is 2.63. The second-order valence-corrected chi connectivity index (χ2v) is 3.68. The molecule has 0 atom stereocenters. The molecule has 0 heterocycles. The van der Waals surface area contributed by atoms with E-state index in [9.17, 15) is 0 Å². The molecule has 2 nitrogen and oxygen atoms in total. The van der Waals surface area contributed by atoms with E-state index in [4.69, 9.17) is 9.31 Å². The molecule has 0 radical (unpaired) electrons. The van der Waals surface area contributed by atoms with Gasteiger partial charge in [0.05, 0.1) is 0 Å². The molecule has 0 N–H and O–H groups in total. The molecule has 0 unspecified atom stereocenters. The van der Waals surface area contributed by atoms with Crippen LogP contribution < -0.4 is 0 Å². The largest absolute Gasteiger partial charge is 0.489 e. The maximum Gasteiger partial charge on any atom is 0.489 e. The van der Waals surface area contributed by atoms with Crippen molar-refractivity contribution < 1.29 is 9.31 Å². The third-order valence-electron chi connectivity index (χ3n) is 1.53. The molecule has 0 saturated heterocycles. The zero-order valence-electron chi connectivity index (χ0n) is 8.33. The first-order valence-electron chi connectivity index (χ1n) is 4.59. The van der Waals surface area contributed by atoms with E-state index >= 15 is 0 Å². The fourth-order valence-corrected chi connectivity index (χ4v) is 0.953. The monoisotopic (exact) mass is 168 g/mol. The predicted octanol–water partition coefficient (Wildman–Crippen LogP) is 2.19. The SMILES string of the molecule is CC(C)OB(OC(C)C)C1=CC1. The van der Waals surface area contributed by atoms with E-state index in [0.717, 1.165) is 6.42 Å². The maximum atomic E-state index is 5.59. The minimum atomic E-state index is -0.0926. The first-order valence-corrected chi connectivity index (χ1v) is 4.59. The second-order valence-electron chi connectivity index (χ2n) is 3.68. The Morgan fingerprint density at radius 2 is 1.58 bits per heavy atom. The third kappa shape index (κ3) is 3.41. The molecular weight excluding hydrogens is 151 g/mol. The van der Waals surface area contributed by atoms with Gasteiger partial charge in [-0.25, -0.2) is 0 Å². The number of allylic oxidation sites excluding steroid dienone is 2. The van der Waals surface area contributed by atoms with E-state index in [1.807, 2.05) is 27.7 Å². The van der Waals surface area contributed by atoms with Crippen molar-refractivity contribution in [2.45, 2.75) is 46.3 Å². The lowest BCUT2D eigenvalue weighted by Gasteiger charge is -2.17. The summed E-state index contributed by atoms with van der Waals surface area (Å²) < 4.78 is 11.2.